The monoisotopic (exact) mass is 307 g/mol. The van der Waals surface area contributed by atoms with Crippen molar-refractivity contribution in [1.82, 2.24) is 0 Å². The molecule has 2 aromatic rings. The number of thioether (sulfide) groups is 1. The van der Waals surface area contributed by atoms with Crippen molar-refractivity contribution in [2.45, 2.75) is 0 Å². The highest BCUT2D eigenvalue weighted by Gasteiger charge is 2.21. The van der Waals surface area contributed by atoms with Crippen LogP contribution >= 0.6 is 34.4 Å². The molecule has 3 heterocycles. The van der Waals surface area contributed by atoms with Crippen LogP contribution in [0.3, 0.4) is 0 Å². The number of hydrogen-bond acceptors (Lipinski definition) is 3. The van der Waals surface area contributed by atoms with Crippen molar-refractivity contribution in [3.8, 4) is 0 Å². The molecule has 4 heteroatoms. The minimum absolute atomic E-state index is 1.35. The van der Waals surface area contributed by atoms with E-state index < -0.39 is 0 Å². The second-order valence-corrected chi connectivity index (χ2v) is 7.74. The molecule has 3 rings (SSSR count). The van der Waals surface area contributed by atoms with Gasteiger partial charge in [0.15, 0.2) is 17.6 Å². The number of allylic oxidation sites excluding steroid dienone is 1. The van der Waals surface area contributed by atoms with Gasteiger partial charge in [-0.25, -0.2) is 0 Å². The van der Waals surface area contributed by atoms with Crippen molar-refractivity contribution in [3.63, 3.8) is 0 Å². The molecule has 0 atom stereocenters. The summed E-state index contributed by atoms with van der Waals surface area (Å²) in [5.74, 6) is 0. The average Bonchev–Trinajstić information content (AvgIpc) is 3.13. The molecule has 0 spiro atoms. The Morgan fingerprint density at radius 1 is 1.00 bits per heavy atom. The van der Waals surface area contributed by atoms with Crippen LogP contribution < -0.4 is 0 Å². The summed E-state index contributed by atoms with van der Waals surface area (Å²) in [6.07, 6.45) is 6.59. The fraction of sp³-hybridized carbons (Fsp3) is 0.0714. The Morgan fingerprint density at radius 2 is 1.67 bits per heavy atom. The molecule has 0 fully saturated rings. The van der Waals surface area contributed by atoms with E-state index in [1.807, 2.05) is 45.8 Å². The Hall–Kier alpha value is -0.680. The largest absolute Gasteiger partial charge is 0.262 e. The smallest absolute Gasteiger partial charge is 0.144 e. The van der Waals surface area contributed by atoms with E-state index in [-0.39, 0.29) is 0 Å². The number of rotatable bonds is 2. The second-order valence-electron chi connectivity index (χ2n) is 3.65. The molecule has 0 N–H and O–H groups in total. The molecule has 1 aliphatic rings. The van der Waals surface area contributed by atoms with Crippen LogP contribution in [0.5, 0.6) is 0 Å². The minimum atomic E-state index is 1.35. The van der Waals surface area contributed by atoms with Crippen molar-refractivity contribution in [1.29, 1.82) is 0 Å². The molecule has 1 aliphatic heterocycles. The van der Waals surface area contributed by atoms with Crippen molar-refractivity contribution >= 4 is 55.6 Å². The molecule has 0 aliphatic carbocycles. The Morgan fingerprint density at radius 3 is 2.11 bits per heavy atom. The molecule has 0 saturated carbocycles. The van der Waals surface area contributed by atoms with Crippen molar-refractivity contribution in [2.24, 2.45) is 0 Å². The first-order valence-corrected chi connectivity index (χ1v) is 9.27. The molecule has 0 saturated heterocycles. The summed E-state index contributed by atoms with van der Waals surface area (Å²) < 4.78 is 1.37. The highest BCUT2D eigenvalue weighted by atomic mass is 32.2. The first-order valence-electron chi connectivity index (χ1n) is 5.47. The van der Waals surface area contributed by atoms with Gasteiger partial charge in [-0.3, -0.25) is 0 Å². The van der Waals surface area contributed by atoms with Crippen LogP contribution in [0.1, 0.15) is 9.75 Å². The molecule has 0 aromatic carbocycles. The van der Waals surface area contributed by atoms with Crippen LogP contribution in [0, 0.1) is 0 Å². The summed E-state index contributed by atoms with van der Waals surface area (Å²) in [4.78, 5) is 4.07. The summed E-state index contributed by atoms with van der Waals surface area (Å²) in [7, 11) is 0. The first kappa shape index (κ1) is 12.4. The van der Waals surface area contributed by atoms with Crippen LogP contribution in [0.25, 0.3) is 5.57 Å². The highest BCUT2D eigenvalue weighted by Crippen LogP contribution is 2.40. The zero-order chi connectivity index (χ0) is 12.4. The van der Waals surface area contributed by atoms with Crippen molar-refractivity contribution in [3.05, 3.63) is 61.8 Å². The van der Waals surface area contributed by atoms with Gasteiger partial charge in [0.25, 0.3) is 4.20 Å². The third-order valence-corrected chi connectivity index (χ3v) is 6.52. The summed E-state index contributed by atoms with van der Waals surface area (Å²) in [6, 6.07) is 8.66. The van der Waals surface area contributed by atoms with Gasteiger partial charge >= 0.3 is 0 Å². The Kier molecular flexibility index (Phi) is 3.80. The molecule has 0 radical (unpaired) electrons. The van der Waals surface area contributed by atoms with E-state index in [0.29, 0.717) is 0 Å². The standard InChI is InChI=1S/C14H11S4/c1-15-13-7-6-12(18-13)14(10-4-2-8-16-10)11-5-3-9-17-11/h2-9H,1H3/q+1. The lowest BCUT2D eigenvalue weighted by Crippen LogP contribution is -1.85. The average molecular weight is 308 g/mol. The maximum Gasteiger partial charge on any atom is 0.262 e. The van der Waals surface area contributed by atoms with Gasteiger partial charge in [-0.15, -0.1) is 22.7 Å². The van der Waals surface area contributed by atoms with Gasteiger partial charge in [0.2, 0.25) is 0 Å². The van der Waals surface area contributed by atoms with Gasteiger partial charge in [-0.2, -0.15) is 0 Å². The fourth-order valence-corrected chi connectivity index (χ4v) is 5.18. The van der Waals surface area contributed by atoms with Gasteiger partial charge in [-0.1, -0.05) is 12.1 Å². The Bertz CT molecular complexity index is 577. The molecule has 0 amide bonds. The number of hydrogen-bond donors (Lipinski definition) is 0. The zero-order valence-corrected chi connectivity index (χ0v) is 13.0. The summed E-state index contributed by atoms with van der Waals surface area (Å²) in [5, 5.41) is 4.29. The van der Waals surface area contributed by atoms with E-state index >= 15 is 0 Å². The summed E-state index contributed by atoms with van der Waals surface area (Å²) in [6.45, 7) is 0. The lowest BCUT2D eigenvalue weighted by Gasteiger charge is -2.05. The first-order chi connectivity index (χ1) is 8.88. The van der Waals surface area contributed by atoms with Crippen LogP contribution in [0.2, 0.25) is 0 Å². The quantitative estimate of drug-likeness (QED) is 0.572. The van der Waals surface area contributed by atoms with Crippen LogP contribution in [-0.2, 0) is 11.4 Å². The maximum atomic E-state index is 2.24. The van der Waals surface area contributed by atoms with Gasteiger partial charge in [0.05, 0.1) is 0 Å². The van der Waals surface area contributed by atoms with E-state index in [0.717, 1.165) is 0 Å². The molecule has 90 valence electrons. The number of thiophene rings is 2. The SMILES string of the molecule is C[S+]=C1C=CC(=C(c2cccs2)c2cccs2)S1. The van der Waals surface area contributed by atoms with Gasteiger partial charge < -0.3 is 0 Å². The van der Waals surface area contributed by atoms with E-state index in [1.165, 1.54) is 24.4 Å². The minimum Gasteiger partial charge on any atom is -0.144 e. The van der Waals surface area contributed by atoms with Crippen LogP contribution in [-0.4, -0.2) is 10.5 Å². The predicted octanol–water partition coefficient (Wildman–Crippen LogP) is 4.71. The second kappa shape index (κ2) is 5.53. The van der Waals surface area contributed by atoms with Crippen LogP contribution in [0.15, 0.2) is 52.1 Å². The molecule has 18 heavy (non-hydrogen) atoms. The van der Waals surface area contributed by atoms with Gasteiger partial charge in [0.1, 0.15) is 0 Å². The lowest BCUT2D eigenvalue weighted by molar-refractivity contribution is 1.76. The molecule has 0 unspecified atom stereocenters. The predicted molar refractivity (Wildman–Crippen MR) is 89.7 cm³/mol. The van der Waals surface area contributed by atoms with E-state index in [4.69, 9.17) is 0 Å². The highest BCUT2D eigenvalue weighted by molar-refractivity contribution is 8.26. The summed E-state index contributed by atoms with van der Waals surface area (Å²) >= 11 is 7.31. The third kappa shape index (κ3) is 2.38. The Labute approximate surface area is 123 Å². The third-order valence-electron chi connectivity index (χ3n) is 2.56. The van der Waals surface area contributed by atoms with Crippen molar-refractivity contribution < 1.29 is 0 Å². The molecular formula is C14H11S4+. The molecular weight excluding hydrogens is 296 g/mol. The van der Waals surface area contributed by atoms with Gasteiger partial charge in [-0.05, 0) is 40.7 Å². The molecule has 2 aromatic heterocycles. The summed E-state index contributed by atoms with van der Waals surface area (Å²) in [5.41, 5.74) is 1.38. The van der Waals surface area contributed by atoms with Crippen molar-refractivity contribution in [2.75, 3.05) is 6.26 Å². The topological polar surface area (TPSA) is 0 Å². The fourth-order valence-electron chi connectivity index (χ4n) is 1.77. The molecule has 0 nitrogen and oxygen atoms in total. The lowest BCUT2D eigenvalue weighted by atomic mass is 10.1. The molecule has 0 bridgehead atoms. The normalized spacial score (nSPS) is 16.7. The maximum absolute atomic E-state index is 2.24. The van der Waals surface area contributed by atoms with Crippen LogP contribution in [0.4, 0.5) is 0 Å². The van der Waals surface area contributed by atoms with E-state index in [9.17, 15) is 0 Å². The van der Waals surface area contributed by atoms with Gasteiger partial charge in [0, 0.05) is 26.3 Å². The Balaban J connectivity index is 2.13. The zero-order valence-electron chi connectivity index (χ0n) is 9.75. The van der Waals surface area contributed by atoms with E-state index in [1.54, 1.807) is 0 Å². The van der Waals surface area contributed by atoms with E-state index in [2.05, 4.69) is 53.4 Å².